The molecule has 0 saturated carbocycles. The lowest BCUT2D eigenvalue weighted by atomic mass is 10.0. The first kappa shape index (κ1) is 22.5. The summed E-state index contributed by atoms with van der Waals surface area (Å²) in [6.07, 6.45) is 2.46. The van der Waals surface area contributed by atoms with Crippen molar-refractivity contribution in [2.75, 3.05) is 58.3 Å². The van der Waals surface area contributed by atoms with Gasteiger partial charge in [0.15, 0.2) is 6.10 Å². The summed E-state index contributed by atoms with van der Waals surface area (Å²) in [5.74, 6) is -0.382. The Morgan fingerprint density at radius 1 is 1.23 bits per heavy atom. The van der Waals surface area contributed by atoms with Crippen LogP contribution in [-0.4, -0.2) is 87.5 Å². The van der Waals surface area contributed by atoms with Gasteiger partial charge in [0.2, 0.25) is 0 Å². The van der Waals surface area contributed by atoms with Gasteiger partial charge < -0.3 is 24.6 Å². The Balaban J connectivity index is 1.57. The van der Waals surface area contributed by atoms with Crippen LogP contribution in [0.1, 0.15) is 25.7 Å². The molecule has 0 aromatic heterocycles. The van der Waals surface area contributed by atoms with E-state index in [0.717, 1.165) is 58.4 Å². The van der Waals surface area contributed by atoms with E-state index in [1.807, 2.05) is 0 Å². The number of nitrogens with one attached hydrogen (secondary N) is 1. The van der Waals surface area contributed by atoms with Gasteiger partial charge in [-0.1, -0.05) is 0 Å². The molecule has 0 aliphatic carbocycles. The molecule has 2 saturated heterocycles. The van der Waals surface area contributed by atoms with Crippen molar-refractivity contribution >= 4 is 17.9 Å². The van der Waals surface area contributed by atoms with Gasteiger partial charge in [-0.05, 0) is 32.0 Å². The van der Waals surface area contributed by atoms with Crippen LogP contribution in [-0.2, 0) is 9.59 Å². The maximum absolute atomic E-state index is 14.8. The molecule has 2 aliphatic heterocycles. The topological polar surface area (TPSA) is 65.1 Å². The first-order valence-electron chi connectivity index (χ1n) is 10.8. The van der Waals surface area contributed by atoms with E-state index in [2.05, 4.69) is 27.1 Å². The number of anilines is 1. The van der Waals surface area contributed by atoms with E-state index in [1.54, 1.807) is 12.1 Å². The maximum Gasteiger partial charge on any atom is 0.260 e. The van der Waals surface area contributed by atoms with Gasteiger partial charge in [0.25, 0.3) is 5.91 Å². The molecule has 3 rings (SSSR count). The second kappa shape index (κ2) is 10.7. The number of aldehydes is 1. The standard InChI is InChI=1S/C22H33FN4O3/c1-24-22(29)21(4-3-15-28)30-18-5-6-20(19(23)16-18)27-9-7-17(8-10-27)26-13-11-25(2)12-14-26/h5-6,15-17,21H,3-4,7-14H2,1-2H3,(H,24,29). The van der Waals surface area contributed by atoms with E-state index in [0.29, 0.717) is 17.5 Å². The van der Waals surface area contributed by atoms with Crippen molar-refractivity contribution in [1.82, 2.24) is 15.1 Å². The Morgan fingerprint density at radius 2 is 1.93 bits per heavy atom. The van der Waals surface area contributed by atoms with E-state index >= 15 is 0 Å². The second-order valence-electron chi connectivity index (χ2n) is 8.14. The monoisotopic (exact) mass is 420 g/mol. The molecule has 1 amide bonds. The van der Waals surface area contributed by atoms with E-state index in [9.17, 15) is 14.0 Å². The lowest BCUT2D eigenvalue weighted by Crippen LogP contribution is -2.52. The number of benzene rings is 1. The number of likely N-dealkylation sites (N-methyl/N-ethyl adjacent to an activating group) is 2. The molecule has 2 heterocycles. The minimum atomic E-state index is -0.815. The number of carbonyl (C=O) groups excluding carboxylic acids is 2. The summed E-state index contributed by atoms with van der Waals surface area (Å²) in [5.41, 5.74) is 0.573. The molecule has 0 bridgehead atoms. The minimum absolute atomic E-state index is 0.209. The van der Waals surface area contributed by atoms with Crippen LogP contribution in [0.15, 0.2) is 18.2 Å². The highest BCUT2D eigenvalue weighted by molar-refractivity contribution is 5.81. The van der Waals surface area contributed by atoms with E-state index in [-0.39, 0.29) is 24.6 Å². The molecule has 7 nitrogen and oxygen atoms in total. The quantitative estimate of drug-likeness (QED) is 0.644. The van der Waals surface area contributed by atoms with Gasteiger partial charge in [-0.2, -0.15) is 0 Å². The van der Waals surface area contributed by atoms with E-state index < -0.39 is 6.10 Å². The molecule has 2 fully saturated rings. The first-order chi connectivity index (χ1) is 14.5. The number of hydrogen-bond donors (Lipinski definition) is 1. The molecule has 2 aliphatic rings. The van der Waals surface area contributed by atoms with Crippen molar-refractivity contribution in [3.8, 4) is 5.75 Å². The lowest BCUT2D eigenvalue weighted by Gasteiger charge is -2.42. The summed E-state index contributed by atoms with van der Waals surface area (Å²) in [6, 6.07) is 5.33. The maximum atomic E-state index is 14.8. The number of carbonyl (C=O) groups is 2. The predicted molar refractivity (Wildman–Crippen MR) is 114 cm³/mol. The first-order valence-corrected chi connectivity index (χ1v) is 10.8. The van der Waals surface area contributed by atoms with Crippen molar-refractivity contribution in [2.45, 2.75) is 37.8 Å². The van der Waals surface area contributed by atoms with Crippen LogP contribution in [0.2, 0.25) is 0 Å². The molecule has 0 spiro atoms. The zero-order valence-electron chi connectivity index (χ0n) is 18.0. The summed E-state index contributed by atoms with van der Waals surface area (Å²) in [6.45, 7) is 6.10. The lowest BCUT2D eigenvalue weighted by molar-refractivity contribution is -0.127. The Hall–Kier alpha value is -2.19. The zero-order chi connectivity index (χ0) is 21.5. The summed E-state index contributed by atoms with van der Waals surface area (Å²) in [5, 5.41) is 2.52. The van der Waals surface area contributed by atoms with Crippen molar-refractivity contribution in [1.29, 1.82) is 0 Å². The minimum Gasteiger partial charge on any atom is -0.480 e. The van der Waals surface area contributed by atoms with Crippen molar-refractivity contribution in [2.24, 2.45) is 0 Å². The number of rotatable bonds is 8. The molecule has 166 valence electrons. The Morgan fingerprint density at radius 3 is 2.53 bits per heavy atom. The van der Waals surface area contributed by atoms with Crippen LogP contribution in [0, 0.1) is 5.82 Å². The average molecular weight is 421 g/mol. The van der Waals surface area contributed by atoms with Gasteiger partial charge >= 0.3 is 0 Å². The number of amides is 1. The third kappa shape index (κ3) is 5.70. The van der Waals surface area contributed by atoms with Gasteiger partial charge in [-0.15, -0.1) is 0 Å². The van der Waals surface area contributed by atoms with Gasteiger partial charge in [0.05, 0.1) is 5.69 Å². The highest BCUT2D eigenvalue weighted by atomic mass is 19.1. The zero-order valence-corrected chi connectivity index (χ0v) is 18.0. The Bertz CT molecular complexity index is 716. The third-order valence-corrected chi connectivity index (χ3v) is 6.14. The highest BCUT2D eigenvalue weighted by Gasteiger charge is 2.28. The van der Waals surface area contributed by atoms with Crippen LogP contribution in [0.25, 0.3) is 0 Å². The molecule has 30 heavy (non-hydrogen) atoms. The van der Waals surface area contributed by atoms with Crippen molar-refractivity contribution < 1.29 is 18.7 Å². The molecular weight excluding hydrogens is 387 g/mol. The number of piperazine rings is 1. The van der Waals surface area contributed by atoms with Gasteiger partial charge in [0, 0.05) is 71.3 Å². The van der Waals surface area contributed by atoms with Gasteiger partial charge in [-0.25, -0.2) is 4.39 Å². The van der Waals surface area contributed by atoms with Gasteiger partial charge in [0.1, 0.15) is 17.9 Å². The number of hydrogen-bond acceptors (Lipinski definition) is 6. The third-order valence-electron chi connectivity index (χ3n) is 6.14. The van der Waals surface area contributed by atoms with Crippen molar-refractivity contribution in [3.63, 3.8) is 0 Å². The summed E-state index contributed by atoms with van der Waals surface area (Å²) in [7, 11) is 3.67. The molecule has 1 aromatic rings. The predicted octanol–water partition coefficient (Wildman–Crippen LogP) is 1.51. The average Bonchev–Trinajstić information content (AvgIpc) is 2.77. The summed E-state index contributed by atoms with van der Waals surface area (Å²) < 4.78 is 20.5. The fraction of sp³-hybridized carbons (Fsp3) is 0.636. The smallest absolute Gasteiger partial charge is 0.260 e. The number of halogens is 1. The van der Waals surface area contributed by atoms with Gasteiger partial charge in [-0.3, -0.25) is 9.69 Å². The SMILES string of the molecule is CNC(=O)C(CCC=O)Oc1ccc(N2CCC(N3CCN(C)CC3)CC2)c(F)c1. The molecule has 8 heteroatoms. The molecule has 1 N–H and O–H groups in total. The molecule has 1 unspecified atom stereocenters. The second-order valence-corrected chi connectivity index (χ2v) is 8.14. The molecule has 1 atom stereocenters. The van der Waals surface area contributed by atoms with Crippen LogP contribution in [0.3, 0.4) is 0 Å². The Labute approximate surface area is 178 Å². The van der Waals surface area contributed by atoms with Crippen LogP contribution in [0.5, 0.6) is 5.75 Å². The number of piperidine rings is 1. The molecule has 1 aromatic carbocycles. The largest absolute Gasteiger partial charge is 0.480 e. The molecule has 0 radical (unpaired) electrons. The Kier molecular flexibility index (Phi) is 8.04. The fourth-order valence-electron chi connectivity index (χ4n) is 4.26. The van der Waals surface area contributed by atoms with Crippen LogP contribution < -0.4 is 15.0 Å². The summed E-state index contributed by atoms with van der Waals surface area (Å²) >= 11 is 0. The fourth-order valence-corrected chi connectivity index (χ4v) is 4.26. The van der Waals surface area contributed by atoms with Crippen LogP contribution >= 0.6 is 0 Å². The van der Waals surface area contributed by atoms with Crippen LogP contribution in [0.4, 0.5) is 10.1 Å². The highest BCUT2D eigenvalue weighted by Crippen LogP contribution is 2.29. The molecular formula is C22H33FN4O3. The van der Waals surface area contributed by atoms with E-state index in [4.69, 9.17) is 4.74 Å². The van der Waals surface area contributed by atoms with Crippen molar-refractivity contribution in [3.05, 3.63) is 24.0 Å². The normalized spacial score (nSPS) is 20.0. The van der Waals surface area contributed by atoms with E-state index in [1.165, 1.54) is 13.1 Å². The number of ether oxygens (including phenoxy) is 1. The number of nitrogens with zero attached hydrogens (tertiary/aromatic N) is 3. The summed E-state index contributed by atoms with van der Waals surface area (Å²) in [4.78, 5) is 29.6.